The largest absolute Gasteiger partial charge is 0.463 e. The molecule has 0 fully saturated rings. The molecule has 0 N–H and O–H groups in total. The normalized spacial score (nSPS) is 15.3. The topological polar surface area (TPSA) is 78.5 Å². The maximum absolute atomic E-state index is 14.0. The summed E-state index contributed by atoms with van der Waals surface area (Å²) in [6.45, 7) is 3.77. The highest BCUT2D eigenvalue weighted by Gasteiger charge is 2.30. The predicted octanol–water partition coefficient (Wildman–Crippen LogP) is 5.38. The molecule has 2 aromatic carbocycles. The van der Waals surface area contributed by atoms with Gasteiger partial charge in [-0.15, -0.1) is 11.3 Å². The molecule has 0 spiro atoms. The van der Waals surface area contributed by atoms with Crippen LogP contribution in [-0.4, -0.2) is 26.9 Å². The molecule has 9 heteroatoms. The highest BCUT2D eigenvalue weighted by Crippen LogP contribution is 2.29. The van der Waals surface area contributed by atoms with Crippen LogP contribution in [0.15, 0.2) is 112 Å². The Bertz CT molecular complexity index is 1950. The van der Waals surface area contributed by atoms with Crippen LogP contribution in [0.25, 0.3) is 28.4 Å². The van der Waals surface area contributed by atoms with Crippen molar-refractivity contribution >= 4 is 40.8 Å². The average molecular weight is 579 g/mol. The van der Waals surface area contributed by atoms with E-state index in [0.717, 1.165) is 27.4 Å². The summed E-state index contributed by atoms with van der Waals surface area (Å²) in [7, 11) is 0. The van der Waals surface area contributed by atoms with Crippen molar-refractivity contribution in [2.75, 3.05) is 6.61 Å². The summed E-state index contributed by atoms with van der Waals surface area (Å²) >= 11 is 2.89. The van der Waals surface area contributed by atoms with Crippen molar-refractivity contribution in [3.8, 4) is 16.3 Å². The van der Waals surface area contributed by atoms with E-state index in [9.17, 15) is 9.59 Å². The maximum Gasteiger partial charge on any atom is 0.338 e. The Morgan fingerprint density at radius 1 is 1.05 bits per heavy atom. The minimum absolute atomic E-state index is 0.227. The molecule has 0 aliphatic carbocycles. The van der Waals surface area contributed by atoms with Crippen molar-refractivity contribution in [2.24, 2.45) is 4.99 Å². The number of nitrogens with zero attached hydrogens (tertiary/aromatic N) is 4. The molecule has 4 heterocycles. The average Bonchev–Trinajstić information content (AvgIpc) is 3.73. The van der Waals surface area contributed by atoms with Crippen molar-refractivity contribution in [1.82, 2.24) is 14.3 Å². The molecule has 0 radical (unpaired) electrons. The molecule has 0 saturated carbocycles. The molecule has 1 unspecified atom stereocenters. The fourth-order valence-corrected chi connectivity index (χ4v) is 6.51. The van der Waals surface area contributed by atoms with E-state index in [1.807, 2.05) is 107 Å². The summed E-state index contributed by atoms with van der Waals surface area (Å²) in [4.78, 5) is 33.3. The van der Waals surface area contributed by atoms with Crippen molar-refractivity contribution in [3.63, 3.8) is 0 Å². The van der Waals surface area contributed by atoms with Crippen LogP contribution in [0.4, 0.5) is 0 Å². The molecule has 7 nitrogen and oxygen atoms in total. The lowest BCUT2D eigenvalue weighted by atomic mass is 10.0. The van der Waals surface area contributed by atoms with Crippen molar-refractivity contribution in [1.29, 1.82) is 0 Å². The van der Waals surface area contributed by atoms with Crippen LogP contribution in [0.3, 0.4) is 0 Å². The van der Waals surface area contributed by atoms with Crippen molar-refractivity contribution < 1.29 is 9.53 Å². The van der Waals surface area contributed by atoms with E-state index < -0.39 is 12.0 Å². The van der Waals surface area contributed by atoms with Gasteiger partial charge in [-0.05, 0) is 49.1 Å². The molecule has 6 rings (SSSR count). The van der Waals surface area contributed by atoms with Gasteiger partial charge in [-0.1, -0.05) is 78.1 Å². The molecule has 0 saturated heterocycles. The van der Waals surface area contributed by atoms with Crippen LogP contribution in [0, 0.1) is 0 Å². The van der Waals surface area contributed by atoms with E-state index in [1.54, 1.807) is 29.8 Å². The number of para-hydroxylation sites is 1. The number of rotatable bonds is 7. The van der Waals surface area contributed by atoms with Crippen LogP contribution < -0.4 is 14.9 Å². The number of allylic oxidation sites excluding steroid dienone is 2. The summed E-state index contributed by atoms with van der Waals surface area (Å²) in [6.07, 6.45) is 7.58. The molecule has 41 heavy (non-hydrogen) atoms. The first-order valence-corrected chi connectivity index (χ1v) is 14.8. The highest BCUT2D eigenvalue weighted by atomic mass is 32.1. The first kappa shape index (κ1) is 26.6. The van der Waals surface area contributed by atoms with Gasteiger partial charge in [0.15, 0.2) is 4.80 Å². The van der Waals surface area contributed by atoms with Crippen LogP contribution >= 0.6 is 22.7 Å². The molecule has 1 aliphatic rings. The third-order valence-electron chi connectivity index (χ3n) is 6.63. The van der Waals surface area contributed by atoms with E-state index in [2.05, 4.69) is 4.99 Å². The highest BCUT2D eigenvalue weighted by molar-refractivity contribution is 7.13. The van der Waals surface area contributed by atoms with E-state index in [1.165, 1.54) is 11.3 Å². The number of ether oxygens (including phenoxy) is 1. The zero-order chi connectivity index (χ0) is 28.3. The quantitative estimate of drug-likeness (QED) is 0.243. The lowest BCUT2D eigenvalue weighted by molar-refractivity contribution is -0.139. The third kappa shape index (κ3) is 5.29. The Morgan fingerprint density at radius 3 is 2.51 bits per heavy atom. The molecular formula is C32H26N4O3S2. The predicted molar refractivity (Wildman–Crippen MR) is 164 cm³/mol. The van der Waals surface area contributed by atoms with Gasteiger partial charge in [0.1, 0.15) is 5.69 Å². The van der Waals surface area contributed by atoms with Gasteiger partial charge < -0.3 is 4.74 Å². The third-order valence-corrected chi connectivity index (χ3v) is 8.49. The Morgan fingerprint density at radius 2 is 1.80 bits per heavy atom. The number of esters is 1. The molecule has 1 atom stereocenters. The fraction of sp³-hybridized carbons (Fsp3) is 0.125. The van der Waals surface area contributed by atoms with Crippen molar-refractivity contribution in [2.45, 2.75) is 19.9 Å². The van der Waals surface area contributed by atoms with Gasteiger partial charge >= 0.3 is 5.97 Å². The lowest BCUT2D eigenvalue weighted by Crippen LogP contribution is -2.38. The minimum Gasteiger partial charge on any atom is -0.463 e. The number of thiazole rings is 1. The Labute approximate surface area is 244 Å². The minimum atomic E-state index is -0.656. The molecule has 0 bridgehead atoms. The number of fused-ring (bicyclic) bond motifs is 1. The molecule has 0 amide bonds. The molecular weight excluding hydrogens is 553 g/mol. The number of hydrogen-bond acceptors (Lipinski definition) is 7. The van der Waals surface area contributed by atoms with E-state index in [0.29, 0.717) is 20.6 Å². The van der Waals surface area contributed by atoms with Gasteiger partial charge in [-0.25, -0.2) is 14.5 Å². The van der Waals surface area contributed by atoms with Crippen LogP contribution in [0.5, 0.6) is 0 Å². The Kier molecular flexibility index (Phi) is 7.45. The first-order chi connectivity index (χ1) is 20.0. The van der Waals surface area contributed by atoms with E-state index in [4.69, 9.17) is 9.84 Å². The standard InChI is InChI=1S/C32H26N4O3S2/c1-3-39-31(38)28-21(2)33-32-36(25(28)17-16-22-11-6-4-7-12-22)30(37)27(41-32)19-23-20-35(24-13-8-5-9-14-24)34-29(23)26-15-10-18-40-26/h4-20,25H,3H2,1-2H3/b17-16+,27-19-. The van der Waals surface area contributed by atoms with Gasteiger partial charge in [-0.2, -0.15) is 5.10 Å². The summed E-state index contributed by atoms with van der Waals surface area (Å²) < 4.78 is 9.29. The monoisotopic (exact) mass is 578 g/mol. The molecule has 1 aliphatic heterocycles. The van der Waals surface area contributed by atoms with Gasteiger partial charge in [-0.3, -0.25) is 9.36 Å². The summed E-state index contributed by atoms with van der Waals surface area (Å²) in [5.74, 6) is -0.477. The van der Waals surface area contributed by atoms with Gasteiger partial charge in [0.05, 0.1) is 39.0 Å². The number of carbonyl (C=O) groups is 1. The molecule has 204 valence electrons. The zero-order valence-electron chi connectivity index (χ0n) is 22.4. The summed E-state index contributed by atoms with van der Waals surface area (Å²) in [6, 6.07) is 23.0. The SMILES string of the molecule is CCOC(=O)C1=C(C)N=c2s/c(=C\c3cn(-c4ccccc4)nc3-c3cccs3)c(=O)n2C1/C=C/c1ccccc1. The summed E-state index contributed by atoms with van der Waals surface area (Å²) in [5.41, 5.74) is 4.16. The number of thiophene rings is 1. The van der Waals surface area contributed by atoms with Gasteiger partial charge in [0, 0.05) is 11.8 Å². The second-order valence-electron chi connectivity index (χ2n) is 9.30. The second-order valence-corrected chi connectivity index (χ2v) is 11.3. The molecule has 3 aromatic heterocycles. The first-order valence-electron chi connectivity index (χ1n) is 13.2. The van der Waals surface area contributed by atoms with E-state index in [-0.39, 0.29) is 12.2 Å². The Hall–Kier alpha value is -4.60. The van der Waals surface area contributed by atoms with Crippen LogP contribution in [0.2, 0.25) is 0 Å². The smallest absolute Gasteiger partial charge is 0.338 e. The number of hydrogen-bond donors (Lipinski definition) is 0. The van der Waals surface area contributed by atoms with Crippen LogP contribution in [0.1, 0.15) is 31.0 Å². The molecule has 5 aromatic rings. The number of benzene rings is 2. The Balaban J connectivity index is 1.51. The summed E-state index contributed by atoms with van der Waals surface area (Å²) in [5, 5.41) is 6.87. The maximum atomic E-state index is 14.0. The van der Waals surface area contributed by atoms with E-state index >= 15 is 0 Å². The van der Waals surface area contributed by atoms with Crippen molar-refractivity contribution in [3.05, 3.63) is 133 Å². The lowest BCUT2D eigenvalue weighted by Gasteiger charge is -2.21. The second kappa shape index (κ2) is 11.5. The number of aromatic nitrogens is 3. The van der Waals surface area contributed by atoms with Gasteiger partial charge in [0.2, 0.25) is 0 Å². The fourth-order valence-electron chi connectivity index (χ4n) is 4.73. The number of carbonyl (C=O) groups excluding carboxylic acids is 1. The van der Waals surface area contributed by atoms with Crippen LogP contribution in [-0.2, 0) is 9.53 Å². The zero-order valence-corrected chi connectivity index (χ0v) is 24.1. The van der Waals surface area contributed by atoms with Gasteiger partial charge in [0.25, 0.3) is 5.56 Å².